The zero-order valence-corrected chi connectivity index (χ0v) is 9.15. The standard InChI is InChI=1S/C13H11NO3/c1-6-2-7-8-3-12(16)13(17)5-10(8)14-9(7)4-11(6)15/h2-5,14-17H,1H3. The molecular formula is C13H11NO3. The number of phenols is 3. The van der Waals surface area contributed by atoms with E-state index in [0.29, 0.717) is 0 Å². The quantitative estimate of drug-likeness (QED) is 0.448. The van der Waals surface area contributed by atoms with Gasteiger partial charge in [0.25, 0.3) is 0 Å². The van der Waals surface area contributed by atoms with E-state index in [1.807, 2.05) is 13.0 Å². The van der Waals surface area contributed by atoms with Crippen LogP contribution in [0.1, 0.15) is 5.56 Å². The van der Waals surface area contributed by atoms with Crippen molar-refractivity contribution in [1.82, 2.24) is 4.98 Å². The summed E-state index contributed by atoms with van der Waals surface area (Å²) in [6.07, 6.45) is 0. The molecule has 3 aromatic rings. The Morgan fingerprint density at radius 2 is 1.29 bits per heavy atom. The fraction of sp³-hybridized carbons (Fsp3) is 0.0769. The summed E-state index contributed by atoms with van der Waals surface area (Å²) in [5.74, 6) is -0.0911. The van der Waals surface area contributed by atoms with Gasteiger partial charge >= 0.3 is 0 Å². The van der Waals surface area contributed by atoms with Crippen LogP contribution in [0.4, 0.5) is 0 Å². The van der Waals surface area contributed by atoms with Crippen LogP contribution in [0.5, 0.6) is 17.2 Å². The highest BCUT2D eigenvalue weighted by molar-refractivity contribution is 6.08. The molecule has 0 fully saturated rings. The number of aromatic hydroxyl groups is 3. The number of nitrogens with one attached hydrogen (secondary N) is 1. The molecule has 2 aromatic carbocycles. The predicted octanol–water partition coefficient (Wildman–Crippen LogP) is 2.75. The smallest absolute Gasteiger partial charge is 0.159 e. The first-order valence-corrected chi connectivity index (χ1v) is 5.23. The van der Waals surface area contributed by atoms with Gasteiger partial charge in [-0.2, -0.15) is 0 Å². The molecule has 0 aliphatic carbocycles. The topological polar surface area (TPSA) is 76.5 Å². The van der Waals surface area contributed by atoms with Crippen LogP contribution in [0.2, 0.25) is 0 Å². The van der Waals surface area contributed by atoms with E-state index in [0.717, 1.165) is 27.4 Å². The summed E-state index contributed by atoms with van der Waals surface area (Å²) in [5, 5.41) is 30.3. The second kappa shape index (κ2) is 3.07. The third-order valence-corrected chi connectivity index (χ3v) is 3.01. The number of benzene rings is 2. The van der Waals surface area contributed by atoms with Crippen molar-refractivity contribution in [2.45, 2.75) is 6.92 Å². The number of hydrogen-bond acceptors (Lipinski definition) is 3. The average Bonchev–Trinajstić information content (AvgIpc) is 2.58. The van der Waals surface area contributed by atoms with Gasteiger partial charge in [-0.15, -0.1) is 0 Å². The Morgan fingerprint density at radius 1 is 0.765 bits per heavy atom. The van der Waals surface area contributed by atoms with Crippen molar-refractivity contribution in [3.8, 4) is 17.2 Å². The maximum Gasteiger partial charge on any atom is 0.159 e. The summed E-state index contributed by atoms with van der Waals surface area (Å²) in [5.41, 5.74) is 2.26. The lowest BCUT2D eigenvalue weighted by atomic mass is 10.1. The first-order chi connectivity index (χ1) is 8.06. The summed E-state index contributed by atoms with van der Waals surface area (Å²) < 4.78 is 0. The second-order valence-electron chi connectivity index (χ2n) is 4.20. The number of aromatic amines is 1. The van der Waals surface area contributed by atoms with Crippen molar-refractivity contribution < 1.29 is 15.3 Å². The number of phenolic OH excluding ortho intramolecular Hbond substituents is 3. The fourth-order valence-corrected chi connectivity index (χ4v) is 2.07. The molecule has 1 heterocycles. The van der Waals surface area contributed by atoms with Crippen LogP contribution in [-0.2, 0) is 0 Å². The van der Waals surface area contributed by atoms with E-state index in [1.54, 1.807) is 6.07 Å². The molecule has 0 saturated carbocycles. The molecule has 0 unspecified atom stereocenters. The molecule has 3 rings (SSSR count). The van der Waals surface area contributed by atoms with Gasteiger partial charge in [-0.1, -0.05) is 0 Å². The summed E-state index contributed by atoms with van der Waals surface area (Å²) in [6.45, 7) is 1.81. The molecule has 86 valence electrons. The van der Waals surface area contributed by atoms with E-state index in [1.165, 1.54) is 12.1 Å². The fourth-order valence-electron chi connectivity index (χ4n) is 2.07. The SMILES string of the molecule is Cc1cc2c(cc1O)[nH]c1cc(O)c(O)cc12. The van der Waals surface area contributed by atoms with Crippen LogP contribution in [0.15, 0.2) is 24.3 Å². The molecule has 17 heavy (non-hydrogen) atoms. The highest BCUT2D eigenvalue weighted by atomic mass is 16.3. The summed E-state index contributed by atoms with van der Waals surface area (Å²) >= 11 is 0. The summed E-state index contributed by atoms with van der Waals surface area (Å²) in [4.78, 5) is 3.08. The lowest BCUT2D eigenvalue weighted by Gasteiger charge is -1.99. The first-order valence-electron chi connectivity index (χ1n) is 5.23. The van der Waals surface area contributed by atoms with Crippen molar-refractivity contribution >= 4 is 21.8 Å². The maximum atomic E-state index is 9.63. The molecule has 0 aliphatic rings. The number of aromatic nitrogens is 1. The van der Waals surface area contributed by atoms with Crippen molar-refractivity contribution in [2.75, 3.05) is 0 Å². The maximum absolute atomic E-state index is 9.63. The Bertz CT molecular complexity index is 681. The Hall–Kier alpha value is -2.36. The van der Waals surface area contributed by atoms with E-state index >= 15 is 0 Å². The van der Waals surface area contributed by atoms with Crippen LogP contribution in [-0.4, -0.2) is 20.3 Å². The van der Waals surface area contributed by atoms with Crippen molar-refractivity contribution in [3.05, 3.63) is 29.8 Å². The van der Waals surface area contributed by atoms with Crippen LogP contribution < -0.4 is 0 Å². The molecule has 0 atom stereocenters. The van der Waals surface area contributed by atoms with Crippen molar-refractivity contribution in [3.63, 3.8) is 0 Å². The van der Waals surface area contributed by atoms with Crippen LogP contribution in [0, 0.1) is 6.92 Å². The highest BCUT2D eigenvalue weighted by Crippen LogP contribution is 2.36. The zero-order valence-electron chi connectivity index (χ0n) is 9.15. The first kappa shape index (κ1) is 9.84. The zero-order chi connectivity index (χ0) is 12.2. The monoisotopic (exact) mass is 229 g/mol. The Labute approximate surface area is 96.8 Å². The Balaban J connectivity index is 2.51. The van der Waals surface area contributed by atoms with Gasteiger partial charge in [0, 0.05) is 22.9 Å². The summed E-state index contributed by atoms with van der Waals surface area (Å²) in [6, 6.07) is 6.47. The minimum atomic E-state index is -0.162. The van der Waals surface area contributed by atoms with Crippen LogP contribution in [0.25, 0.3) is 21.8 Å². The molecule has 0 bridgehead atoms. The van der Waals surface area contributed by atoms with Gasteiger partial charge < -0.3 is 20.3 Å². The molecule has 4 N–H and O–H groups in total. The van der Waals surface area contributed by atoms with Crippen LogP contribution >= 0.6 is 0 Å². The number of rotatable bonds is 0. The van der Waals surface area contributed by atoms with Gasteiger partial charge in [0.2, 0.25) is 0 Å². The lowest BCUT2D eigenvalue weighted by Crippen LogP contribution is -1.74. The number of hydrogen-bond donors (Lipinski definition) is 4. The van der Waals surface area contributed by atoms with Crippen LogP contribution in [0.3, 0.4) is 0 Å². The minimum absolute atomic E-state index is 0.149. The minimum Gasteiger partial charge on any atom is -0.508 e. The van der Waals surface area contributed by atoms with Gasteiger partial charge in [-0.3, -0.25) is 0 Å². The van der Waals surface area contributed by atoms with E-state index in [-0.39, 0.29) is 17.2 Å². The molecular weight excluding hydrogens is 218 g/mol. The average molecular weight is 229 g/mol. The van der Waals surface area contributed by atoms with Crippen molar-refractivity contribution in [1.29, 1.82) is 0 Å². The molecule has 4 heteroatoms. The van der Waals surface area contributed by atoms with Gasteiger partial charge in [-0.05, 0) is 24.6 Å². The van der Waals surface area contributed by atoms with Gasteiger partial charge in [-0.25, -0.2) is 0 Å². The van der Waals surface area contributed by atoms with Gasteiger partial charge in [0.1, 0.15) is 5.75 Å². The number of aryl methyl sites for hydroxylation is 1. The van der Waals surface area contributed by atoms with Gasteiger partial charge in [0.15, 0.2) is 11.5 Å². The van der Waals surface area contributed by atoms with Gasteiger partial charge in [0.05, 0.1) is 11.0 Å². The molecule has 1 aromatic heterocycles. The third kappa shape index (κ3) is 1.30. The third-order valence-electron chi connectivity index (χ3n) is 3.01. The Morgan fingerprint density at radius 3 is 2.00 bits per heavy atom. The molecule has 4 nitrogen and oxygen atoms in total. The van der Waals surface area contributed by atoms with E-state index in [9.17, 15) is 15.3 Å². The molecule has 0 spiro atoms. The van der Waals surface area contributed by atoms with E-state index in [4.69, 9.17) is 0 Å². The van der Waals surface area contributed by atoms with E-state index < -0.39 is 0 Å². The molecule has 0 radical (unpaired) electrons. The normalized spacial score (nSPS) is 11.4. The molecule has 0 aliphatic heterocycles. The van der Waals surface area contributed by atoms with Crippen molar-refractivity contribution in [2.24, 2.45) is 0 Å². The second-order valence-corrected chi connectivity index (χ2v) is 4.20. The summed E-state index contributed by atoms with van der Waals surface area (Å²) in [7, 11) is 0. The molecule has 0 saturated heterocycles. The highest BCUT2D eigenvalue weighted by Gasteiger charge is 2.10. The Kier molecular flexibility index (Phi) is 1.78. The number of fused-ring (bicyclic) bond motifs is 3. The predicted molar refractivity (Wildman–Crippen MR) is 65.5 cm³/mol. The number of H-pyrrole nitrogens is 1. The lowest BCUT2D eigenvalue weighted by molar-refractivity contribution is 0.405. The largest absolute Gasteiger partial charge is 0.508 e. The van der Waals surface area contributed by atoms with E-state index in [2.05, 4.69) is 4.98 Å². The molecule has 0 amide bonds.